The van der Waals surface area contributed by atoms with Crippen molar-refractivity contribution in [2.75, 3.05) is 40.4 Å². The minimum absolute atomic E-state index is 0.565. The molecule has 3 fully saturated rings. The van der Waals surface area contributed by atoms with Gasteiger partial charge in [-0.05, 0) is 76.1 Å². The van der Waals surface area contributed by atoms with Crippen LogP contribution in [-0.4, -0.2) is 51.3 Å². The first-order chi connectivity index (χ1) is 12.7. The smallest absolute Gasteiger partial charge is 0.164 e. The molecule has 0 aromatic heterocycles. The third-order valence-electron chi connectivity index (χ3n) is 7.29. The maximum absolute atomic E-state index is 5.69. The van der Waals surface area contributed by atoms with Crippen molar-refractivity contribution in [2.45, 2.75) is 56.9 Å². The van der Waals surface area contributed by atoms with Crippen LogP contribution in [0.15, 0.2) is 18.2 Å². The number of hydrogen-bond donors (Lipinski definition) is 1. The lowest BCUT2D eigenvalue weighted by Gasteiger charge is -2.45. The number of para-hydroxylation sites is 1. The Balaban J connectivity index is 1.39. The number of nitrogens with zero attached hydrogens (tertiary/aromatic N) is 1. The molecular weight excluding hydrogens is 324 g/mol. The maximum Gasteiger partial charge on any atom is 0.164 e. The fourth-order valence-corrected chi connectivity index (χ4v) is 5.64. The van der Waals surface area contributed by atoms with Crippen LogP contribution in [0.3, 0.4) is 0 Å². The van der Waals surface area contributed by atoms with Crippen molar-refractivity contribution in [3.8, 4) is 11.5 Å². The van der Waals surface area contributed by atoms with Gasteiger partial charge in [-0.15, -0.1) is 0 Å². The molecule has 1 aliphatic carbocycles. The van der Waals surface area contributed by atoms with Crippen LogP contribution in [0.25, 0.3) is 0 Å². The van der Waals surface area contributed by atoms with Crippen LogP contribution < -0.4 is 14.8 Å². The van der Waals surface area contributed by atoms with Gasteiger partial charge in [0.1, 0.15) is 0 Å². The summed E-state index contributed by atoms with van der Waals surface area (Å²) in [6, 6.07) is 7.10. The van der Waals surface area contributed by atoms with Gasteiger partial charge in [0, 0.05) is 24.1 Å². The van der Waals surface area contributed by atoms with Crippen LogP contribution >= 0.6 is 0 Å². The number of ether oxygens (including phenoxy) is 2. The van der Waals surface area contributed by atoms with Gasteiger partial charge >= 0.3 is 0 Å². The first kappa shape index (κ1) is 18.1. The molecule has 26 heavy (non-hydrogen) atoms. The first-order valence-electron chi connectivity index (χ1n) is 10.4. The van der Waals surface area contributed by atoms with Crippen LogP contribution in [0.1, 0.15) is 56.4 Å². The van der Waals surface area contributed by atoms with E-state index in [1.54, 1.807) is 14.2 Å². The van der Waals surface area contributed by atoms with Gasteiger partial charge in [-0.25, -0.2) is 0 Å². The first-order valence-corrected chi connectivity index (χ1v) is 10.4. The Kier molecular flexibility index (Phi) is 5.42. The van der Waals surface area contributed by atoms with Crippen LogP contribution in [0.5, 0.6) is 11.5 Å². The summed E-state index contributed by atoms with van der Waals surface area (Å²) in [5, 5.41) is 3.53. The zero-order valence-corrected chi connectivity index (χ0v) is 16.4. The Morgan fingerprint density at radius 3 is 2.46 bits per heavy atom. The topological polar surface area (TPSA) is 33.7 Å². The van der Waals surface area contributed by atoms with Gasteiger partial charge in [-0.3, -0.25) is 4.90 Å². The molecule has 4 rings (SSSR count). The number of piperidine rings is 1. The highest BCUT2D eigenvalue weighted by molar-refractivity contribution is 5.48. The number of benzene rings is 1. The predicted octanol–water partition coefficient (Wildman–Crippen LogP) is 3.81. The highest BCUT2D eigenvalue weighted by Crippen LogP contribution is 2.46. The molecule has 2 heterocycles. The van der Waals surface area contributed by atoms with E-state index in [-0.39, 0.29) is 0 Å². The molecule has 3 aliphatic rings. The van der Waals surface area contributed by atoms with E-state index in [0.717, 1.165) is 17.5 Å². The average molecular weight is 359 g/mol. The van der Waals surface area contributed by atoms with Crippen LogP contribution in [0, 0.1) is 5.41 Å². The molecule has 2 saturated heterocycles. The Labute approximate surface area is 158 Å². The van der Waals surface area contributed by atoms with Crippen molar-refractivity contribution < 1.29 is 9.47 Å². The molecule has 1 saturated carbocycles. The molecular formula is C22H34N2O2. The van der Waals surface area contributed by atoms with Gasteiger partial charge in [-0.2, -0.15) is 0 Å². The fourth-order valence-electron chi connectivity index (χ4n) is 5.64. The Morgan fingerprint density at radius 1 is 1.00 bits per heavy atom. The largest absolute Gasteiger partial charge is 0.493 e. The zero-order valence-electron chi connectivity index (χ0n) is 16.4. The highest BCUT2D eigenvalue weighted by Gasteiger charge is 2.39. The third kappa shape index (κ3) is 3.46. The Morgan fingerprint density at radius 2 is 1.77 bits per heavy atom. The maximum atomic E-state index is 5.69. The van der Waals surface area contributed by atoms with E-state index < -0.39 is 0 Å². The van der Waals surface area contributed by atoms with E-state index in [9.17, 15) is 0 Å². The van der Waals surface area contributed by atoms with Crippen molar-refractivity contribution in [2.24, 2.45) is 5.41 Å². The summed E-state index contributed by atoms with van der Waals surface area (Å²) < 4.78 is 11.2. The second-order valence-electron chi connectivity index (χ2n) is 8.54. The lowest BCUT2D eigenvalue weighted by molar-refractivity contribution is 0.0754. The van der Waals surface area contributed by atoms with Crippen molar-refractivity contribution in [3.05, 3.63) is 23.8 Å². The summed E-state index contributed by atoms with van der Waals surface area (Å²) in [5.41, 5.74) is 1.98. The summed E-state index contributed by atoms with van der Waals surface area (Å²) in [4.78, 5) is 2.76. The average Bonchev–Trinajstić information content (AvgIpc) is 3.18. The monoisotopic (exact) mass is 358 g/mol. The van der Waals surface area contributed by atoms with Gasteiger partial charge in [0.15, 0.2) is 11.5 Å². The molecule has 1 N–H and O–H groups in total. The molecule has 1 atom stereocenters. The summed E-state index contributed by atoms with van der Waals surface area (Å²) in [7, 11) is 3.48. The summed E-state index contributed by atoms with van der Waals surface area (Å²) in [6.45, 7) is 4.85. The Hall–Kier alpha value is -1.26. The van der Waals surface area contributed by atoms with E-state index in [0.29, 0.717) is 11.3 Å². The van der Waals surface area contributed by atoms with E-state index in [2.05, 4.69) is 22.3 Å². The summed E-state index contributed by atoms with van der Waals surface area (Å²) in [6.07, 6.45) is 9.66. The van der Waals surface area contributed by atoms with Crippen molar-refractivity contribution >= 4 is 0 Å². The molecule has 1 aromatic carbocycles. The minimum atomic E-state index is 0.565. The van der Waals surface area contributed by atoms with Gasteiger partial charge in [0.2, 0.25) is 0 Å². The standard InChI is InChI=1S/C22H34N2O2/c1-25-20-5-3-4-19(21(20)26-2)17-8-15-24(16-17)18-6-9-22(10-7-18)11-13-23-14-12-22/h3-5,17-18,23H,6-16H2,1-2H3. The van der Waals surface area contributed by atoms with Gasteiger partial charge < -0.3 is 14.8 Å². The molecule has 0 radical (unpaired) electrons. The van der Waals surface area contributed by atoms with E-state index in [1.165, 1.54) is 76.7 Å². The summed E-state index contributed by atoms with van der Waals surface area (Å²) in [5.74, 6) is 2.35. The van der Waals surface area contributed by atoms with Crippen LogP contribution in [-0.2, 0) is 0 Å². The molecule has 1 spiro atoms. The number of hydrogen-bond acceptors (Lipinski definition) is 4. The zero-order chi connectivity index (χ0) is 18.0. The highest BCUT2D eigenvalue weighted by atomic mass is 16.5. The summed E-state index contributed by atoms with van der Waals surface area (Å²) >= 11 is 0. The molecule has 0 bridgehead atoms. The Bertz CT molecular complexity index is 602. The lowest BCUT2D eigenvalue weighted by atomic mass is 9.67. The second-order valence-corrected chi connectivity index (χ2v) is 8.54. The van der Waals surface area contributed by atoms with E-state index in [4.69, 9.17) is 9.47 Å². The number of likely N-dealkylation sites (tertiary alicyclic amines) is 1. The third-order valence-corrected chi connectivity index (χ3v) is 7.29. The normalized spacial score (nSPS) is 26.9. The minimum Gasteiger partial charge on any atom is -0.493 e. The SMILES string of the molecule is COc1cccc(C2CCN(C3CCC4(CCNCC4)CC3)C2)c1OC. The molecule has 1 unspecified atom stereocenters. The van der Waals surface area contributed by atoms with Crippen LogP contribution in [0.4, 0.5) is 0 Å². The van der Waals surface area contributed by atoms with Crippen molar-refractivity contribution in [1.29, 1.82) is 0 Å². The van der Waals surface area contributed by atoms with Crippen molar-refractivity contribution in [1.82, 2.24) is 10.2 Å². The molecule has 2 aliphatic heterocycles. The molecule has 144 valence electrons. The van der Waals surface area contributed by atoms with E-state index >= 15 is 0 Å². The number of rotatable bonds is 4. The molecule has 4 nitrogen and oxygen atoms in total. The quantitative estimate of drug-likeness (QED) is 0.887. The van der Waals surface area contributed by atoms with Crippen molar-refractivity contribution in [3.63, 3.8) is 0 Å². The predicted molar refractivity (Wildman–Crippen MR) is 105 cm³/mol. The molecule has 1 aromatic rings. The van der Waals surface area contributed by atoms with E-state index in [1.807, 2.05) is 6.07 Å². The van der Waals surface area contributed by atoms with Gasteiger partial charge in [0.05, 0.1) is 14.2 Å². The molecule has 0 amide bonds. The fraction of sp³-hybridized carbons (Fsp3) is 0.727. The second kappa shape index (κ2) is 7.77. The molecule has 4 heteroatoms. The number of methoxy groups -OCH3 is 2. The van der Waals surface area contributed by atoms with Gasteiger partial charge in [0.25, 0.3) is 0 Å². The van der Waals surface area contributed by atoms with Crippen LogP contribution in [0.2, 0.25) is 0 Å². The lowest BCUT2D eigenvalue weighted by Crippen LogP contribution is -2.44. The van der Waals surface area contributed by atoms with Gasteiger partial charge in [-0.1, -0.05) is 12.1 Å². The number of nitrogens with one attached hydrogen (secondary N) is 1.